The number of methoxy groups -OCH3 is 2. The van der Waals surface area contributed by atoms with Crippen molar-refractivity contribution < 1.29 is 47.8 Å². The van der Waals surface area contributed by atoms with Crippen LogP contribution in [0.5, 0.6) is 11.5 Å². The van der Waals surface area contributed by atoms with Gasteiger partial charge in [0.1, 0.15) is 17.4 Å². The van der Waals surface area contributed by atoms with Crippen molar-refractivity contribution in [2.24, 2.45) is 0 Å². The first kappa shape index (κ1) is 27.6. The molecule has 1 aromatic rings. The lowest BCUT2D eigenvalue weighted by molar-refractivity contribution is -0.123. The van der Waals surface area contributed by atoms with Gasteiger partial charge in [-0.15, -0.1) is 0 Å². The van der Waals surface area contributed by atoms with E-state index in [4.69, 9.17) is 14.2 Å². The lowest BCUT2D eigenvalue weighted by Gasteiger charge is -2.23. The second kappa shape index (κ2) is 13.0. The summed E-state index contributed by atoms with van der Waals surface area (Å²) < 4.78 is 15.8. The summed E-state index contributed by atoms with van der Waals surface area (Å²) in [6.45, 7) is 5.67. The number of carbonyl (C=O) groups is 2. The minimum atomic E-state index is -0.648. The van der Waals surface area contributed by atoms with E-state index in [0.29, 0.717) is 24.5 Å². The Morgan fingerprint density at radius 3 is 2.24 bits per heavy atom. The predicted molar refractivity (Wildman–Crippen MR) is 113 cm³/mol. The fourth-order valence-electron chi connectivity index (χ4n) is 2.38. The minimum Gasteiger partial charge on any atom is -1.00 e. The van der Waals surface area contributed by atoms with Gasteiger partial charge in [-0.1, -0.05) is 6.07 Å². The van der Waals surface area contributed by atoms with E-state index in [9.17, 15) is 9.59 Å². The molecule has 0 fully saturated rings. The number of amides is 2. The molecule has 0 aliphatic heterocycles. The van der Waals surface area contributed by atoms with Gasteiger partial charge in [0.05, 0.1) is 26.7 Å². The number of alkyl carbamates (subject to hydrolysis) is 1. The van der Waals surface area contributed by atoms with Crippen molar-refractivity contribution in [3.8, 4) is 11.5 Å². The number of benzene rings is 1. The molecule has 0 aliphatic rings. The zero-order valence-electron chi connectivity index (χ0n) is 18.3. The van der Waals surface area contributed by atoms with Crippen molar-refractivity contribution in [1.29, 1.82) is 0 Å². The molecule has 0 bridgehead atoms. The maximum Gasteiger partial charge on any atom is 0.408 e. The Morgan fingerprint density at radius 1 is 1.10 bits per heavy atom. The molecule has 0 saturated heterocycles. The maximum atomic E-state index is 12.7. The molecule has 1 rings (SSSR count). The van der Waals surface area contributed by atoms with Crippen LogP contribution in [0.25, 0.3) is 0 Å². The highest BCUT2D eigenvalue weighted by Gasteiger charge is 2.25. The monoisotopic (exact) mass is 540 g/mol. The van der Waals surface area contributed by atoms with Gasteiger partial charge in [0.25, 0.3) is 0 Å². The second-order valence-electron chi connectivity index (χ2n) is 7.58. The minimum absolute atomic E-state index is 0. The van der Waals surface area contributed by atoms with Gasteiger partial charge in [0.15, 0.2) is 11.5 Å². The van der Waals surface area contributed by atoms with Crippen LogP contribution in [-0.2, 0) is 27.0 Å². The van der Waals surface area contributed by atoms with E-state index in [-0.39, 0.29) is 40.8 Å². The van der Waals surface area contributed by atoms with Crippen LogP contribution in [0.1, 0.15) is 32.8 Å². The van der Waals surface area contributed by atoms with Crippen LogP contribution in [0.15, 0.2) is 18.2 Å². The summed E-state index contributed by atoms with van der Waals surface area (Å²) in [5.41, 5.74) is 0.248. The summed E-state index contributed by atoms with van der Waals surface area (Å²) in [4.78, 5) is 24.8. The normalized spacial score (nSPS) is 11.9. The van der Waals surface area contributed by atoms with Gasteiger partial charge < -0.3 is 48.8 Å². The van der Waals surface area contributed by atoms with Gasteiger partial charge in [-0.3, -0.25) is 4.79 Å². The van der Waals surface area contributed by atoms with E-state index >= 15 is 0 Å². The molecular weight excluding hydrogens is 507 g/mol. The molecule has 0 radical (unpaired) electrons. The van der Waals surface area contributed by atoms with E-state index in [0.717, 1.165) is 11.3 Å². The summed E-state index contributed by atoms with van der Waals surface area (Å²) in [7, 11) is 3.30. The highest BCUT2D eigenvalue weighted by atomic mass is 127. The van der Waals surface area contributed by atoms with E-state index in [2.05, 4.69) is 23.1 Å². The molecule has 166 valence electrons. The number of halogens is 1. The third kappa shape index (κ3) is 10.8. The van der Waals surface area contributed by atoms with Crippen molar-refractivity contribution >= 4 is 22.9 Å². The van der Waals surface area contributed by atoms with Crippen molar-refractivity contribution in [3.05, 3.63) is 23.8 Å². The van der Waals surface area contributed by atoms with Crippen molar-refractivity contribution in [3.63, 3.8) is 0 Å². The van der Waals surface area contributed by atoms with Gasteiger partial charge >= 0.3 is 6.09 Å². The molecule has 7 nitrogen and oxygen atoms in total. The van der Waals surface area contributed by atoms with E-state index in [1.165, 1.54) is 0 Å². The van der Waals surface area contributed by atoms with Gasteiger partial charge in [-0.05, 0) is 49.4 Å². The lowest BCUT2D eigenvalue weighted by Crippen LogP contribution is -3.00. The van der Waals surface area contributed by atoms with Gasteiger partial charge in [0, 0.05) is 13.0 Å². The molecule has 0 unspecified atom stereocenters. The van der Waals surface area contributed by atoms with Crippen LogP contribution >= 0.6 is 0 Å². The van der Waals surface area contributed by atoms with E-state index in [1.54, 1.807) is 41.1 Å². The predicted octanol–water partition coefficient (Wildman–Crippen LogP) is -0.515. The molecule has 2 N–H and O–H groups in total. The Bertz CT molecular complexity index is 665. The highest BCUT2D eigenvalue weighted by Crippen LogP contribution is 2.27. The third-order valence-corrected chi connectivity index (χ3v) is 4.79. The summed E-state index contributed by atoms with van der Waals surface area (Å²) in [6, 6.07) is 4.81. The molecule has 0 aromatic heterocycles. The standard InChI is InChI=1S/C20H32N2O5S.HI/c1-20(2,3)27-19(24)22-15(10-11-28(6)7)18(23)21-13-14-8-9-16(25-4)17(12-14)26-5;/h8-9,12,15H,10-11,13H2,1-7H3,(H-,21,22,23,24);1H/t15-;/m1./s1. The van der Waals surface area contributed by atoms with Gasteiger partial charge in [0.2, 0.25) is 5.91 Å². The van der Waals surface area contributed by atoms with Gasteiger partial charge in [-0.2, -0.15) is 0 Å². The summed E-state index contributed by atoms with van der Waals surface area (Å²) >= 11 is 0. The molecule has 29 heavy (non-hydrogen) atoms. The average molecular weight is 540 g/mol. The smallest absolute Gasteiger partial charge is 0.408 e. The topological polar surface area (TPSA) is 85.9 Å². The Morgan fingerprint density at radius 2 is 1.72 bits per heavy atom. The summed E-state index contributed by atoms with van der Waals surface area (Å²) in [5, 5.41) is 5.57. The summed E-state index contributed by atoms with van der Waals surface area (Å²) in [6.07, 6.45) is 4.16. The van der Waals surface area contributed by atoms with Crippen molar-refractivity contribution in [2.45, 2.75) is 45.4 Å². The Hall–Kier alpha value is -1.36. The molecule has 9 heteroatoms. The van der Waals surface area contributed by atoms with Crippen LogP contribution in [0, 0.1) is 0 Å². The van der Waals surface area contributed by atoms with Crippen molar-refractivity contribution in [2.75, 3.05) is 32.5 Å². The second-order valence-corrected chi connectivity index (χ2v) is 9.96. The Balaban J connectivity index is 0.00000784. The summed E-state index contributed by atoms with van der Waals surface area (Å²) in [5.74, 6) is 1.81. The van der Waals surface area contributed by atoms with Crippen molar-refractivity contribution in [1.82, 2.24) is 10.6 Å². The maximum absolute atomic E-state index is 12.7. The third-order valence-electron chi connectivity index (χ3n) is 3.74. The van der Waals surface area contributed by atoms with Crippen LogP contribution in [0.3, 0.4) is 0 Å². The quantitative estimate of drug-likeness (QED) is 0.326. The van der Waals surface area contributed by atoms with Crippen LogP contribution in [-0.4, -0.2) is 56.1 Å². The van der Waals surface area contributed by atoms with E-state index < -0.39 is 17.7 Å². The zero-order valence-corrected chi connectivity index (χ0v) is 21.2. The van der Waals surface area contributed by atoms with Crippen LogP contribution in [0.2, 0.25) is 0 Å². The van der Waals surface area contributed by atoms with E-state index in [1.807, 2.05) is 12.1 Å². The van der Waals surface area contributed by atoms with Crippen LogP contribution in [0.4, 0.5) is 4.79 Å². The molecule has 0 aliphatic carbocycles. The number of hydrogen-bond donors (Lipinski definition) is 2. The van der Waals surface area contributed by atoms with Gasteiger partial charge in [-0.25, -0.2) is 4.79 Å². The molecular formula is C20H33IN2O5S. The SMILES string of the molecule is COc1ccc(CNC(=O)[C@@H](CC[S+](C)C)NC(=O)OC(C)(C)C)cc1OC.[I-]. The number of carbonyl (C=O) groups excluding carboxylic acids is 2. The molecule has 1 aromatic carbocycles. The molecule has 0 spiro atoms. The first-order valence-electron chi connectivity index (χ1n) is 9.08. The lowest BCUT2D eigenvalue weighted by atomic mass is 10.1. The Kier molecular flexibility index (Phi) is 12.4. The number of rotatable bonds is 9. The Labute approximate surface area is 194 Å². The fourth-order valence-corrected chi connectivity index (χ4v) is 3.08. The zero-order chi connectivity index (χ0) is 21.3. The first-order valence-corrected chi connectivity index (χ1v) is 11.3. The number of hydrogen-bond acceptors (Lipinski definition) is 5. The molecule has 0 heterocycles. The molecule has 2 amide bonds. The largest absolute Gasteiger partial charge is 1.00 e. The average Bonchev–Trinajstić information content (AvgIpc) is 2.61. The van der Waals surface area contributed by atoms with Crippen LogP contribution < -0.4 is 44.1 Å². The number of nitrogens with one attached hydrogen (secondary N) is 2. The fraction of sp³-hybridized carbons (Fsp3) is 0.600. The molecule has 0 saturated carbocycles. The molecule has 1 atom stereocenters. The first-order chi connectivity index (χ1) is 13.1. The number of ether oxygens (including phenoxy) is 3. The highest BCUT2D eigenvalue weighted by molar-refractivity contribution is 7.95.